The Balaban J connectivity index is 1.58. The molecule has 0 aliphatic carbocycles. The molecule has 2 amide bonds. The average Bonchev–Trinajstić information content (AvgIpc) is 2.80. The summed E-state index contributed by atoms with van der Waals surface area (Å²) >= 11 is 0. The second-order valence-electron chi connectivity index (χ2n) is 6.58. The molecule has 0 fully saturated rings. The summed E-state index contributed by atoms with van der Waals surface area (Å²) in [6.45, 7) is 2.61. The smallest absolute Gasteiger partial charge is 0.339 e. The molecular formula is C24H23N3O5. The third kappa shape index (κ3) is 6.33. The van der Waals surface area contributed by atoms with Crippen LogP contribution < -0.4 is 20.2 Å². The van der Waals surface area contributed by atoms with Gasteiger partial charge in [0, 0.05) is 5.56 Å². The van der Waals surface area contributed by atoms with E-state index >= 15 is 0 Å². The van der Waals surface area contributed by atoms with Crippen molar-refractivity contribution in [1.82, 2.24) is 5.43 Å². The number of hydrogen-bond donors (Lipinski definition) is 3. The fraction of sp³-hybridized carbons (Fsp3) is 0.125. The number of carboxylic acid groups (broad SMARTS) is 1. The topological polar surface area (TPSA) is 109 Å². The van der Waals surface area contributed by atoms with Gasteiger partial charge in [0.15, 0.2) is 0 Å². The Morgan fingerprint density at radius 2 is 1.62 bits per heavy atom. The molecule has 3 aromatic rings. The number of carboxylic acids is 1. The fourth-order valence-electron chi connectivity index (χ4n) is 2.79. The number of carbonyl (C=O) groups excluding carboxylic acids is 1. The number of urea groups is 1. The molecule has 0 aromatic heterocycles. The van der Waals surface area contributed by atoms with Crippen molar-refractivity contribution < 1.29 is 24.2 Å². The summed E-state index contributed by atoms with van der Waals surface area (Å²) in [7, 11) is 0. The number of amides is 2. The Bertz CT molecular complexity index is 1100. The Morgan fingerprint density at radius 3 is 2.34 bits per heavy atom. The van der Waals surface area contributed by atoms with E-state index in [9.17, 15) is 9.59 Å². The number of nitrogens with zero attached hydrogens (tertiary/aromatic N) is 1. The van der Waals surface area contributed by atoms with E-state index in [-0.39, 0.29) is 12.2 Å². The van der Waals surface area contributed by atoms with E-state index in [0.29, 0.717) is 29.4 Å². The monoisotopic (exact) mass is 433 g/mol. The maximum absolute atomic E-state index is 12.2. The van der Waals surface area contributed by atoms with Crippen LogP contribution in [-0.2, 0) is 6.61 Å². The molecule has 8 nitrogen and oxygen atoms in total. The molecule has 3 N–H and O–H groups in total. The van der Waals surface area contributed by atoms with Crippen LogP contribution >= 0.6 is 0 Å². The van der Waals surface area contributed by atoms with E-state index in [1.54, 1.807) is 42.5 Å². The number of ether oxygens (including phenoxy) is 2. The highest BCUT2D eigenvalue weighted by Gasteiger charge is 2.07. The standard InChI is InChI=1S/C24H23N3O5/c1-2-31-22-10-6-4-8-20(22)26-24(30)27-25-15-19-7-3-5-9-21(19)32-16-17-11-13-18(14-12-17)23(28)29/h3-15H,2,16H2,1H3,(H,28,29)(H2,26,27,30)/b25-15+. The molecular weight excluding hydrogens is 410 g/mol. The molecule has 0 spiro atoms. The highest BCUT2D eigenvalue weighted by Crippen LogP contribution is 2.23. The summed E-state index contributed by atoms with van der Waals surface area (Å²) in [5.74, 6) is 0.170. The maximum atomic E-state index is 12.2. The van der Waals surface area contributed by atoms with Crippen molar-refractivity contribution in [3.8, 4) is 11.5 Å². The van der Waals surface area contributed by atoms with Gasteiger partial charge in [-0.3, -0.25) is 0 Å². The molecule has 164 valence electrons. The molecule has 0 atom stereocenters. The average molecular weight is 433 g/mol. The van der Waals surface area contributed by atoms with Crippen LogP contribution in [0.25, 0.3) is 0 Å². The van der Waals surface area contributed by atoms with Gasteiger partial charge in [-0.25, -0.2) is 15.0 Å². The number of para-hydroxylation sites is 3. The van der Waals surface area contributed by atoms with Gasteiger partial charge in [-0.05, 0) is 48.9 Å². The lowest BCUT2D eigenvalue weighted by Gasteiger charge is -2.11. The van der Waals surface area contributed by atoms with Gasteiger partial charge in [-0.15, -0.1) is 0 Å². The second-order valence-corrected chi connectivity index (χ2v) is 6.58. The highest BCUT2D eigenvalue weighted by atomic mass is 16.5. The summed E-state index contributed by atoms with van der Waals surface area (Å²) in [4.78, 5) is 23.1. The minimum Gasteiger partial charge on any atom is -0.492 e. The zero-order valence-corrected chi connectivity index (χ0v) is 17.4. The van der Waals surface area contributed by atoms with Crippen LogP contribution in [0.4, 0.5) is 10.5 Å². The Kier molecular flexibility index (Phi) is 7.80. The highest BCUT2D eigenvalue weighted by molar-refractivity contribution is 5.92. The van der Waals surface area contributed by atoms with Crippen LogP contribution in [0.5, 0.6) is 11.5 Å². The van der Waals surface area contributed by atoms with Crippen LogP contribution in [0.15, 0.2) is 77.9 Å². The van der Waals surface area contributed by atoms with Gasteiger partial charge in [0.1, 0.15) is 18.1 Å². The summed E-state index contributed by atoms with van der Waals surface area (Å²) in [5, 5.41) is 15.7. The van der Waals surface area contributed by atoms with Crippen molar-refractivity contribution in [2.75, 3.05) is 11.9 Å². The van der Waals surface area contributed by atoms with E-state index in [1.807, 2.05) is 25.1 Å². The van der Waals surface area contributed by atoms with E-state index in [0.717, 1.165) is 5.56 Å². The molecule has 0 unspecified atom stereocenters. The predicted molar refractivity (Wildman–Crippen MR) is 122 cm³/mol. The van der Waals surface area contributed by atoms with E-state index < -0.39 is 12.0 Å². The second kappa shape index (κ2) is 11.2. The number of carbonyl (C=O) groups is 2. The lowest BCUT2D eigenvalue weighted by molar-refractivity contribution is 0.0696. The first-order chi connectivity index (χ1) is 15.6. The van der Waals surface area contributed by atoms with Gasteiger partial charge in [-0.2, -0.15) is 5.10 Å². The maximum Gasteiger partial charge on any atom is 0.339 e. The lowest BCUT2D eigenvalue weighted by atomic mass is 10.1. The van der Waals surface area contributed by atoms with Crippen molar-refractivity contribution in [2.24, 2.45) is 5.10 Å². The first-order valence-electron chi connectivity index (χ1n) is 9.92. The molecule has 8 heteroatoms. The van der Waals surface area contributed by atoms with E-state index in [4.69, 9.17) is 14.6 Å². The van der Waals surface area contributed by atoms with Crippen LogP contribution in [-0.4, -0.2) is 29.9 Å². The number of nitrogens with one attached hydrogen (secondary N) is 2. The molecule has 0 radical (unpaired) electrons. The first-order valence-corrected chi connectivity index (χ1v) is 9.92. The van der Waals surface area contributed by atoms with Gasteiger partial charge in [0.05, 0.1) is 24.1 Å². The molecule has 0 saturated heterocycles. The van der Waals surface area contributed by atoms with Crippen LogP contribution in [0.2, 0.25) is 0 Å². The minimum absolute atomic E-state index is 0.217. The van der Waals surface area contributed by atoms with Crippen LogP contribution in [0.3, 0.4) is 0 Å². The third-order valence-electron chi connectivity index (χ3n) is 4.32. The van der Waals surface area contributed by atoms with Crippen LogP contribution in [0, 0.1) is 0 Å². The van der Waals surface area contributed by atoms with Crippen molar-refractivity contribution in [2.45, 2.75) is 13.5 Å². The summed E-state index contributed by atoms with van der Waals surface area (Å²) in [5.41, 5.74) is 4.68. The number of hydrazone groups is 1. The number of hydrogen-bond acceptors (Lipinski definition) is 5. The van der Waals surface area contributed by atoms with Gasteiger partial charge < -0.3 is 19.9 Å². The van der Waals surface area contributed by atoms with Crippen molar-refractivity contribution in [3.05, 3.63) is 89.5 Å². The normalized spacial score (nSPS) is 10.5. The minimum atomic E-state index is -0.975. The molecule has 3 aromatic carbocycles. The Labute approximate surface area is 185 Å². The summed E-state index contributed by atoms with van der Waals surface area (Å²) in [6, 6.07) is 20.3. The number of benzene rings is 3. The first kappa shape index (κ1) is 22.4. The molecule has 3 rings (SSSR count). The zero-order valence-electron chi connectivity index (χ0n) is 17.4. The number of aromatic carboxylic acids is 1. The SMILES string of the molecule is CCOc1ccccc1NC(=O)N/N=C/c1ccccc1OCc1ccc(C(=O)O)cc1. The Morgan fingerprint density at radius 1 is 0.938 bits per heavy atom. The number of anilines is 1. The summed E-state index contributed by atoms with van der Waals surface area (Å²) in [6.07, 6.45) is 1.48. The fourth-order valence-corrected chi connectivity index (χ4v) is 2.79. The molecule has 0 saturated carbocycles. The van der Waals surface area contributed by atoms with Crippen LogP contribution in [0.1, 0.15) is 28.4 Å². The van der Waals surface area contributed by atoms with Gasteiger partial charge in [-0.1, -0.05) is 36.4 Å². The van der Waals surface area contributed by atoms with Crippen molar-refractivity contribution in [3.63, 3.8) is 0 Å². The molecule has 0 aliphatic rings. The van der Waals surface area contributed by atoms with E-state index in [2.05, 4.69) is 15.8 Å². The van der Waals surface area contributed by atoms with Crippen molar-refractivity contribution >= 4 is 23.9 Å². The molecule has 32 heavy (non-hydrogen) atoms. The predicted octanol–water partition coefficient (Wildman–Crippen LogP) is 4.52. The van der Waals surface area contributed by atoms with Gasteiger partial charge in [0.25, 0.3) is 0 Å². The zero-order chi connectivity index (χ0) is 22.8. The molecule has 0 aliphatic heterocycles. The quantitative estimate of drug-likeness (QED) is 0.340. The third-order valence-corrected chi connectivity index (χ3v) is 4.32. The molecule has 0 heterocycles. The number of rotatable bonds is 9. The van der Waals surface area contributed by atoms with Crippen molar-refractivity contribution in [1.29, 1.82) is 0 Å². The van der Waals surface area contributed by atoms with E-state index in [1.165, 1.54) is 18.3 Å². The van der Waals surface area contributed by atoms with Gasteiger partial charge >= 0.3 is 12.0 Å². The Hall–Kier alpha value is -4.33. The summed E-state index contributed by atoms with van der Waals surface area (Å²) < 4.78 is 11.3. The molecule has 0 bridgehead atoms. The van der Waals surface area contributed by atoms with Gasteiger partial charge in [0.2, 0.25) is 0 Å². The largest absolute Gasteiger partial charge is 0.492 e. The lowest BCUT2D eigenvalue weighted by Crippen LogP contribution is -2.24.